The number of hydrogen-bond donors (Lipinski definition) is 0. The molecule has 0 bridgehead atoms. The predicted octanol–water partition coefficient (Wildman–Crippen LogP) is 8.61. The predicted molar refractivity (Wildman–Crippen MR) is 112 cm³/mol. The SMILES string of the molecule is C.C.C.CC.CC.CC.[CH3-].[Y].[c-]1ccccc1.c1ccccc1. The summed E-state index contributed by atoms with van der Waals surface area (Å²) in [5.74, 6) is 0. The van der Waals surface area contributed by atoms with Crippen LogP contribution in [0.5, 0.6) is 0 Å². The molecule has 0 heterocycles. The van der Waals surface area contributed by atoms with Crippen LogP contribution in [0.25, 0.3) is 0 Å². The minimum Gasteiger partial charge on any atom is -0.358 e. The minimum absolute atomic E-state index is 0. The standard InChI is InChI=1S/C6H6.C6H5.3C2H6.3CH4.CH3.Y/c2*1-2-4-6-5-3-1;3*1-2;;;;;/h1-6H;1-5H;3*1-2H3;3*1H4;1H3;/q;-1;;;;;;;-1;. The Morgan fingerprint density at radius 3 is 0.696 bits per heavy atom. The van der Waals surface area contributed by atoms with Gasteiger partial charge in [0.05, 0.1) is 0 Å². The van der Waals surface area contributed by atoms with Gasteiger partial charge in [-0.1, -0.05) is 100 Å². The van der Waals surface area contributed by atoms with Gasteiger partial charge in [0, 0.05) is 32.7 Å². The van der Waals surface area contributed by atoms with Crippen molar-refractivity contribution in [2.75, 3.05) is 0 Å². The normalized spacial score (nSPS) is 4.96. The van der Waals surface area contributed by atoms with Crippen molar-refractivity contribution >= 4 is 0 Å². The van der Waals surface area contributed by atoms with Crippen molar-refractivity contribution in [3.05, 3.63) is 80.2 Å². The molecule has 0 amide bonds. The zero-order valence-corrected chi connectivity index (χ0v) is 17.3. The van der Waals surface area contributed by atoms with E-state index in [4.69, 9.17) is 0 Å². The van der Waals surface area contributed by atoms with Gasteiger partial charge in [0.2, 0.25) is 0 Å². The first-order chi connectivity index (χ1) is 9.00. The third-order valence-electron chi connectivity index (χ3n) is 1.27. The first kappa shape index (κ1) is 49.5. The van der Waals surface area contributed by atoms with Gasteiger partial charge >= 0.3 is 0 Å². The third kappa shape index (κ3) is 61.8. The summed E-state index contributed by atoms with van der Waals surface area (Å²) in [6, 6.07) is 24.5. The fraction of sp³-hybridized carbons (Fsp3) is 0.409. The zero-order valence-electron chi connectivity index (χ0n) is 14.4. The van der Waals surface area contributed by atoms with E-state index < -0.39 is 0 Å². The third-order valence-corrected chi connectivity index (χ3v) is 1.27. The fourth-order valence-electron chi connectivity index (χ4n) is 0.727. The molecule has 0 saturated carbocycles. The maximum Gasteiger partial charge on any atom is 0 e. The Morgan fingerprint density at radius 1 is 0.435 bits per heavy atom. The van der Waals surface area contributed by atoms with E-state index in [0.717, 1.165) is 0 Å². The maximum atomic E-state index is 2.89. The summed E-state index contributed by atoms with van der Waals surface area (Å²) in [4.78, 5) is 0. The van der Waals surface area contributed by atoms with Crippen LogP contribution < -0.4 is 0 Å². The van der Waals surface area contributed by atoms with E-state index in [-0.39, 0.29) is 62.4 Å². The monoisotopic (exact) mass is 397 g/mol. The van der Waals surface area contributed by atoms with Crippen LogP contribution in [0, 0.1) is 13.5 Å². The summed E-state index contributed by atoms with van der Waals surface area (Å²) in [6.45, 7) is 12.0. The van der Waals surface area contributed by atoms with Crippen molar-refractivity contribution in [1.29, 1.82) is 0 Å². The smallest absolute Gasteiger partial charge is 0 e. The van der Waals surface area contributed by atoms with Crippen molar-refractivity contribution in [1.82, 2.24) is 0 Å². The molecule has 2 rings (SSSR count). The van der Waals surface area contributed by atoms with E-state index in [1.54, 1.807) is 0 Å². The van der Waals surface area contributed by atoms with Gasteiger partial charge in [-0.05, 0) is 0 Å². The second-order valence-electron chi connectivity index (χ2n) is 2.23. The Hall–Kier alpha value is -0.456. The van der Waals surface area contributed by atoms with E-state index in [1.165, 1.54) is 0 Å². The number of hydrogen-bond acceptors (Lipinski definition) is 0. The van der Waals surface area contributed by atoms with Gasteiger partial charge in [0.25, 0.3) is 0 Å². The molecule has 0 saturated heterocycles. The largest absolute Gasteiger partial charge is 0.358 e. The fourth-order valence-corrected chi connectivity index (χ4v) is 0.727. The number of benzene rings is 2. The Balaban J connectivity index is -0.0000000212. The molecular formula is C22H44Y-2. The molecule has 2 aromatic rings. The summed E-state index contributed by atoms with van der Waals surface area (Å²) in [6.07, 6.45) is 0. The van der Waals surface area contributed by atoms with Crippen LogP contribution in [0.3, 0.4) is 0 Å². The van der Waals surface area contributed by atoms with Crippen LogP contribution in [0.4, 0.5) is 0 Å². The molecule has 0 unspecified atom stereocenters. The molecule has 0 fully saturated rings. The van der Waals surface area contributed by atoms with Gasteiger partial charge in [0.15, 0.2) is 0 Å². The minimum atomic E-state index is 0. The zero-order chi connectivity index (χ0) is 14.5. The molecule has 0 N–H and O–H groups in total. The Kier molecular flexibility index (Phi) is 147. The van der Waals surface area contributed by atoms with Crippen LogP contribution in [0.1, 0.15) is 63.8 Å². The topological polar surface area (TPSA) is 0 Å². The van der Waals surface area contributed by atoms with E-state index in [2.05, 4.69) is 6.07 Å². The average Bonchev–Trinajstić information content (AvgIpc) is 2.57. The van der Waals surface area contributed by atoms with Gasteiger partial charge in [-0.3, -0.25) is 0 Å². The first-order valence-corrected chi connectivity index (χ1v) is 6.91. The van der Waals surface area contributed by atoms with Crippen LogP contribution in [-0.2, 0) is 32.7 Å². The second kappa shape index (κ2) is 68.2. The summed E-state index contributed by atoms with van der Waals surface area (Å²) in [5.41, 5.74) is 0. The van der Waals surface area contributed by atoms with Gasteiger partial charge in [-0.25, -0.2) is 0 Å². The van der Waals surface area contributed by atoms with Crippen LogP contribution in [0.2, 0.25) is 0 Å². The Bertz CT molecular complexity index is 181. The quantitative estimate of drug-likeness (QED) is 0.390. The first-order valence-electron chi connectivity index (χ1n) is 6.91. The summed E-state index contributed by atoms with van der Waals surface area (Å²) < 4.78 is 0. The van der Waals surface area contributed by atoms with E-state index in [9.17, 15) is 0 Å². The molecule has 0 nitrogen and oxygen atoms in total. The molecule has 0 spiro atoms. The Morgan fingerprint density at radius 2 is 0.609 bits per heavy atom. The molecule has 0 aliphatic carbocycles. The van der Waals surface area contributed by atoms with Gasteiger partial charge in [-0.2, -0.15) is 36.4 Å². The molecule has 0 aromatic heterocycles. The van der Waals surface area contributed by atoms with Crippen molar-refractivity contribution in [2.24, 2.45) is 0 Å². The number of rotatable bonds is 0. The van der Waals surface area contributed by atoms with Gasteiger partial charge in [0.1, 0.15) is 0 Å². The second-order valence-corrected chi connectivity index (χ2v) is 2.23. The molecule has 23 heavy (non-hydrogen) atoms. The summed E-state index contributed by atoms with van der Waals surface area (Å²) >= 11 is 0. The Labute approximate surface area is 176 Å². The van der Waals surface area contributed by atoms with Gasteiger partial charge < -0.3 is 7.43 Å². The van der Waals surface area contributed by atoms with E-state index in [1.807, 2.05) is 108 Å². The maximum absolute atomic E-state index is 2.89. The van der Waals surface area contributed by atoms with Crippen LogP contribution in [0.15, 0.2) is 66.7 Å². The molecular weight excluding hydrogens is 353 g/mol. The molecule has 0 atom stereocenters. The van der Waals surface area contributed by atoms with Crippen molar-refractivity contribution in [2.45, 2.75) is 63.8 Å². The van der Waals surface area contributed by atoms with Crippen molar-refractivity contribution < 1.29 is 32.7 Å². The van der Waals surface area contributed by atoms with Crippen molar-refractivity contribution in [3.63, 3.8) is 0 Å². The van der Waals surface area contributed by atoms with Crippen molar-refractivity contribution in [3.8, 4) is 0 Å². The molecule has 1 heteroatoms. The molecule has 0 aliphatic rings. The average molecular weight is 398 g/mol. The summed E-state index contributed by atoms with van der Waals surface area (Å²) in [5, 5.41) is 0. The molecule has 0 aliphatic heterocycles. The van der Waals surface area contributed by atoms with Crippen LogP contribution in [-0.4, -0.2) is 0 Å². The van der Waals surface area contributed by atoms with E-state index in [0.29, 0.717) is 0 Å². The molecule has 137 valence electrons. The van der Waals surface area contributed by atoms with Gasteiger partial charge in [-0.15, -0.1) is 0 Å². The van der Waals surface area contributed by atoms with E-state index >= 15 is 0 Å². The summed E-state index contributed by atoms with van der Waals surface area (Å²) in [7, 11) is 0. The molecule has 1 radical (unpaired) electrons. The molecule has 2 aromatic carbocycles. The van der Waals surface area contributed by atoms with Crippen LogP contribution >= 0.6 is 0 Å².